The number of ether oxygens (including phenoxy) is 1. The average Bonchev–Trinajstić information content (AvgIpc) is 3.38. The van der Waals surface area contributed by atoms with Gasteiger partial charge in [0.05, 0.1) is 0 Å². The second-order valence-corrected chi connectivity index (χ2v) is 6.13. The molecule has 1 saturated carbocycles. The first-order valence-corrected chi connectivity index (χ1v) is 8.11. The van der Waals surface area contributed by atoms with Crippen LogP contribution in [0.1, 0.15) is 23.5 Å². The lowest BCUT2D eigenvalue weighted by Gasteiger charge is -2.08. The van der Waals surface area contributed by atoms with E-state index >= 15 is 0 Å². The lowest BCUT2D eigenvalue weighted by Crippen LogP contribution is -2.25. The number of carboxylic acids is 1. The maximum absolute atomic E-state index is 13.8. The van der Waals surface area contributed by atoms with E-state index in [0.717, 1.165) is 5.56 Å². The molecule has 0 spiro atoms. The summed E-state index contributed by atoms with van der Waals surface area (Å²) in [5.41, 5.74) is 0.701. The number of amides is 1. The highest BCUT2D eigenvalue weighted by Gasteiger charge is 2.46. The predicted molar refractivity (Wildman–Crippen MR) is 88.6 cm³/mol. The minimum Gasteiger partial charge on any atom is -0.482 e. The van der Waals surface area contributed by atoms with Gasteiger partial charge in [-0.15, -0.1) is 0 Å². The van der Waals surface area contributed by atoms with Crippen LogP contribution in [0.3, 0.4) is 0 Å². The first kappa shape index (κ1) is 17.8. The van der Waals surface area contributed by atoms with Crippen molar-refractivity contribution in [3.8, 4) is 5.75 Å². The minimum absolute atomic E-state index is 0.0308. The third-order valence-corrected chi connectivity index (χ3v) is 4.23. The van der Waals surface area contributed by atoms with Crippen molar-refractivity contribution in [2.24, 2.45) is 5.92 Å². The van der Waals surface area contributed by atoms with Gasteiger partial charge in [-0.3, -0.25) is 4.79 Å². The highest BCUT2D eigenvalue weighted by atomic mass is 19.1. The molecule has 0 aliphatic heterocycles. The topological polar surface area (TPSA) is 75.6 Å². The Morgan fingerprint density at radius 1 is 1.15 bits per heavy atom. The van der Waals surface area contributed by atoms with E-state index < -0.39 is 36.0 Å². The molecule has 0 radical (unpaired) electrons. The Bertz CT molecular complexity index is 820. The molecule has 0 aromatic heterocycles. The fraction of sp³-hybridized carbons (Fsp3) is 0.263. The fourth-order valence-electron chi connectivity index (χ4n) is 2.88. The Morgan fingerprint density at radius 3 is 2.54 bits per heavy atom. The summed E-state index contributed by atoms with van der Waals surface area (Å²) in [5.74, 6) is -3.12. The predicted octanol–water partition coefficient (Wildman–Crippen LogP) is 2.85. The normalized spacial score (nSPS) is 18.2. The molecule has 26 heavy (non-hydrogen) atoms. The minimum atomic E-state index is -1.08. The van der Waals surface area contributed by atoms with Gasteiger partial charge in [-0.2, -0.15) is 0 Å². The Morgan fingerprint density at radius 2 is 1.85 bits per heavy atom. The third kappa shape index (κ3) is 4.17. The van der Waals surface area contributed by atoms with Gasteiger partial charge >= 0.3 is 5.97 Å². The molecule has 1 aliphatic rings. The van der Waals surface area contributed by atoms with Crippen LogP contribution in [0.4, 0.5) is 8.78 Å². The van der Waals surface area contributed by atoms with Gasteiger partial charge in [-0.05, 0) is 36.2 Å². The van der Waals surface area contributed by atoms with Crippen LogP contribution in [-0.4, -0.2) is 23.6 Å². The van der Waals surface area contributed by atoms with E-state index in [1.165, 1.54) is 18.2 Å². The van der Waals surface area contributed by atoms with Crippen molar-refractivity contribution < 1.29 is 28.2 Å². The lowest BCUT2D eigenvalue weighted by atomic mass is 10.1. The van der Waals surface area contributed by atoms with E-state index in [-0.39, 0.29) is 18.0 Å². The molecule has 1 fully saturated rings. The number of aliphatic carboxylic acids is 1. The summed E-state index contributed by atoms with van der Waals surface area (Å²) in [6.07, 6.45) is 0.408. The first-order chi connectivity index (χ1) is 12.5. The van der Waals surface area contributed by atoms with Crippen LogP contribution in [0.5, 0.6) is 5.75 Å². The van der Waals surface area contributed by atoms with Gasteiger partial charge in [-0.1, -0.05) is 18.2 Å². The van der Waals surface area contributed by atoms with Gasteiger partial charge in [0.1, 0.15) is 17.4 Å². The summed E-state index contributed by atoms with van der Waals surface area (Å²) in [6, 6.07) is 10.4. The fourth-order valence-corrected chi connectivity index (χ4v) is 2.88. The second kappa shape index (κ2) is 7.51. The van der Waals surface area contributed by atoms with Crippen LogP contribution in [0, 0.1) is 17.6 Å². The van der Waals surface area contributed by atoms with Crippen molar-refractivity contribution in [2.45, 2.75) is 18.9 Å². The lowest BCUT2D eigenvalue weighted by molar-refractivity contribution is -0.139. The number of carbonyl (C=O) groups is 2. The smallest absolute Gasteiger partial charge is 0.341 e. The number of benzene rings is 2. The van der Waals surface area contributed by atoms with E-state index in [2.05, 4.69) is 5.32 Å². The highest BCUT2D eigenvalue weighted by molar-refractivity contribution is 5.82. The number of halogens is 2. The molecule has 3 rings (SSSR count). The molecule has 2 N–H and O–H groups in total. The SMILES string of the molecule is O=C(O)COc1cccc(CNC(=O)[C@H]2C[C@@H]2c2c(F)cccc2F)c1. The molecule has 2 aromatic carbocycles. The number of nitrogens with one attached hydrogen (secondary N) is 1. The number of rotatable bonds is 7. The van der Waals surface area contributed by atoms with Crippen molar-refractivity contribution >= 4 is 11.9 Å². The summed E-state index contributed by atoms with van der Waals surface area (Å²) in [6.45, 7) is -0.236. The Kier molecular flexibility index (Phi) is 5.16. The molecular weight excluding hydrogens is 344 g/mol. The summed E-state index contributed by atoms with van der Waals surface area (Å²) < 4.78 is 32.6. The zero-order valence-electron chi connectivity index (χ0n) is 13.7. The van der Waals surface area contributed by atoms with Gasteiger partial charge in [0.25, 0.3) is 0 Å². The highest BCUT2D eigenvalue weighted by Crippen LogP contribution is 2.49. The van der Waals surface area contributed by atoms with Crippen molar-refractivity contribution in [3.05, 3.63) is 65.2 Å². The van der Waals surface area contributed by atoms with E-state index in [9.17, 15) is 18.4 Å². The zero-order chi connectivity index (χ0) is 18.7. The molecular formula is C19H17F2NO4. The van der Waals surface area contributed by atoms with Gasteiger partial charge in [-0.25, -0.2) is 13.6 Å². The van der Waals surface area contributed by atoms with E-state index in [4.69, 9.17) is 9.84 Å². The molecule has 2 aromatic rings. The summed E-state index contributed by atoms with van der Waals surface area (Å²) in [5, 5.41) is 11.3. The molecule has 0 saturated heterocycles. The Hall–Kier alpha value is -2.96. The van der Waals surface area contributed by atoms with Gasteiger partial charge in [0.15, 0.2) is 6.61 Å². The third-order valence-electron chi connectivity index (χ3n) is 4.23. The molecule has 0 heterocycles. The van der Waals surface area contributed by atoms with Crippen LogP contribution < -0.4 is 10.1 Å². The van der Waals surface area contributed by atoms with Crippen LogP contribution >= 0.6 is 0 Å². The molecule has 5 nitrogen and oxygen atoms in total. The van der Waals surface area contributed by atoms with Crippen molar-refractivity contribution in [1.82, 2.24) is 5.32 Å². The standard InChI is InChI=1S/C19H17F2NO4/c20-15-5-2-6-16(21)18(15)13-8-14(13)19(25)22-9-11-3-1-4-12(7-11)26-10-17(23)24/h1-7,13-14H,8-10H2,(H,22,25)(H,23,24)/t13-,14-/m0/s1. The monoisotopic (exact) mass is 361 g/mol. The molecule has 0 unspecified atom stereocenters. The Labute approximate surface area is 148 Å². The van der Waals surface area contributed by atoms with Crippen molar-refractivity contribution in [1.29, 1.82) is 0 Å². The maximum atomic E-state index is 13.8. The summed E-state index contributed by atoms with van der Waals surface area (Å²) in [4.78, 5) is 22.7. The van der Waals surface area contributed by atoms with Crippen LogP contribution in [0.15, 0.2) is 42.5 Å². The molecule has 7 heteroatoms. The molecule has 1 aliphatic carbocycles. The summed E-state index contributed by atoms with van der Waals surface area (Å²) >= 11 is 0. The zero-order valence-corrected chi connectivity index (χ0v) is 13.7. The molecule has 2 atom stereocenters. The number of carboxylic acid groups (broad SMARTS) is 1. The quantitative estimate of drug-likeness (QED) is 0.795. The molecule has 1 amide bonds. The second-order valence-electron chi connectivity index (χ2n) is 6.13. The van der Waals surface area contributed by atoms with E-state index in [1.807, 2.05) is 0 Å². The van der Waals surface area contributed by atoms with E-state index in [1.54, 1.807) is 24.3 Å². The largest absolute Gasteiger partial charge is 0.482 e. The van der Waals surface area contributed by atoms with Gasteiger partial charge in [0.2, 0.25) is 5.91 Å². The van der Waals surface area contributed by atoms with E-state index in [0.29, 0.717) is 12.2 Å². The molecule has 136 valence electrons. The number of hydrogen-bond acceptors (Lipinski definition) is 3. The summed E-state index contributed by atoms with van der Waals surface area (Å²) in [7, 11) is 0. The molecule has 0 bridgehead atoms. The van der Waals surface area contributed by atoms with Crippen molar-refractivity contribution in [3.63, 3.8) is 0 Å². The average molecular weight is 361 g/mol. The van der Waals surface area contributed by atoms with Gasteiger partial charge < -0.3 is 15.2 Å². The Balaban J connectivity index is 1.55. The first-order valence-electron chi connectivity index (χ1n) is 8.11. The van der Waals surface area contributed by atoms with Gasteiger partial charge in [0, 0.05) is 23.9 Å². The maximum Gasteiger partial charge on any atom is 0.341 e. The van der Waals surface area contributed by atoms with Crippen molar-refractivity contribution in [2.75, 3.05) is 6.61 Å². The van der Waals surface area contributed by atoms with Crippen LogP contribution in [-0.2, 0) is 16.1 Å². The van der Waals surface area contributed by atoms with Crippen LogP contribution in [0.25, 0.3) is 0 Å². The number of hydrogen-bond donors (Lipinski definition) is 2. The van der Waals surface area contributed by atoms with Crippen LogP contribution in [0.2, 0.25) is 0 Å². The number of carbonyl (C=O) groups excluding carboxylic acids is 1.